The molecule has 0 saturated heterocycles. The van der Waals surface area contributed by atoms with Crippen molar-refractivity contribution in [1.29, 1.82) is 0 Å². The first kappa shape index (κ1) is 27.5. The number of ether oxygens (including phenoxy) is 3. The van der Waals surface area contributed by atoms with E-state index in [-0.39, 0.29) is 19.3 Å². The molecule has 0 aliphatic heterocycles. The Kier molecular flexibility index (Phi) is 8.28. The van der Waals surface area contributed by atoms with E-state index in [0.29, 0.717) is 34.0 Å². The molecule has 1 heterocycles. The monoisotopic (exact) mass is 543 g/mol. The van der Waals surface area contributed by atoms with Crippen molar-refractivity contribution in [3.63, 3.8) is 0 Å². The van der Waals surface area contributed by atoms with Crippen LogP contribution in [0.3, 0.4) is 0 Å². The van der Waals surface area contributed by atoms with Gasteiger partial charge in [-0.25, -0.2) is 0 Å². The summed E-state index contributed by atoms with van der Waals surface area (Å²) in [5, 5.41) is 14.4. The molecule has 0 aliphatic carbocycles. The molecule has 0 aliphatic rings. The lowest BCUT2D eigenvalue weighted by atomic mass is 10.0. The van der Waals surface area contributed by atoms with Gasteiger partial charge in [0.1, 0.15) is 28.7 Å². The lowest BCUT2D eigenvalue weighted by molar-refractivity contribution is -0.139. The summed E-state index contributed by atoms with van der Waals surface area (Å²) in [6.45, 7) is 0. The Morgan fingerprint density at radius 2 is 1.58 bits per heavy atom. The summed E-state index contributed by atoms with van der Waals surface area (Å²) >= 11 is 0. The van der Waals surface area contributed by atoms with Crippen LogP contribution >= 0.6 is 7.60 Å². The van der Waals surface area contributed by atoms with E-state index >= 15 is 0 Å². The Morgan fingerprint density at radius 1 is 0.921 bits per heavy atom. The molecule has 0 saturated carbocycles. The second kappa shape index (κ2) is 11.4. The highest BCUT2D eigenvalue weighted by Crippen LogP contribution is 2.43. The zero-order valence-corrected chi connectivity index (χ0v) is 22.1. The van der Waals surface area contributed by atoms with Crippen molar-refractivity contribution < 1.29 is 42.9 Å². The van der Waals surface area contributed by atoms with Gasteiger partial charge < -0.3 is 33.5 Å². The van der Waals surface area contributed by atoms with Gasteiger partial charge in [-0.2, -0.15) is 0 Å². The van der Waals surface area contributed by atoms with Gasteiger partial charge in [-0.05, 0) is 48.6 Å². The van der Waals surface area contributed by atoms with E-state index in [1.165, 1.54) is 21.3 Å². The molecule has 1 aromatic heterocycles. The summed E-state index contributed by atoms with van der Waals surface area (Å²) in [6, 6.07) is 15.0. The molecule has 38 heavy (non-hydrogen) atoms. The van der Waals surface area contributed by atoms with Gasteiger partial charge >= 0.3 is 13.6 Å². The van der Waals surface area contributed by atoms with Crippen LogP contribution in [-0.2, 0) is 22.2 Å². The Morgan fingerprint density at radius 3 is 2.24 bits per heavy atom. The summed E-state index contributed by atoms with van der Waals surface area (Å²) in [7, 11) is -0.273. The quantitative estimate of drug-likeness (QED) is 0.190. The van der Waals surface area contributed by atoms with E-state index in [9.17, 15) is 24.3 Å². The molecule has 10 nitrogen and oxygen atoms in total. The number of methoxy groups -OCH3 is 3. The maximum absolute atomic E-state index is 12.4. The molecule has 202 valence electrons. The first-order valence-electron chi connectivity index (χ1n) is 11.9. The van der Waals surface area contributed by atoms with Gasteiger partial charge in [0.15, 0.2) is 11.5 Å². The Labute approximate surface area is 219 Å². The van der Waals surface area contributed by atoms with Crippen molar-refractivity contribution in [3.8, 4) is 17.2 Å². The maximum Gasteiger partial charge on any atom is 0.342 e. The molecule has 4 rings (SSSR count). The molecule has 0 fully saturated rings. The van der Waals surface area contributed by atoms with E-state index in [1.54, 1.807) is 24.3 Å². The van der Waals surface area contributed by atoms with Crippen LogP contribution in [0.2, 0.25) is 0 Å². The zero-order valence-electron chi connectivity index (χ0n) is 21.2. The third-order valence-corrected chi connectivity index (χ3v) is 7.67. The molecule has 2 atom stereocenters. The smallest absolute Gasteiger partial charge is 0.342 e. The molecule has 0 radical (unpaired) electrons. The summed E-state index contributed by atoms with van der Waals surface area (Å²) in [5.41, 5.74) is 2.62. The van der Waals surface area contributed by atoms with E-state index < -0.39 is 25.4 Å². The van der Waals surface area contributed by atoms with E-state index in [0.717, 1.165) is 16.4 Å². The summed E-state index contributed by atoms with van der Waals surface area (Å²) in [5.74, 6) is -1.28. The summed E-state index contributed by atoms with van der Waals surface area (Å²) in [4.78, 5) is 32.2. The van der Waals surface area contributed by atoms with Gasteiger partial charge in [0, 0.05) is 16.8 Å². The van der Waals surface area contributed by atoms with Crippen LogP contribution in [0.25, 0.3) is 21.9 Å². The molecule has 1 unspecified atom stereocenters. The third-order valence-electron chi connectivity index (χ3n) is 6.45. The number of aliphatic carboxylic acids is 1. The average molecular weight is 544 g/mol. The van der Waals surface area contributed by atoms with Crippen LogP contribution < -0.4 is 19.5 Å². The van der Waals surface area contributed by atoms with Crippen molar-refractivity contribution in [2.45, 2.75) is 31.1 Å². The van der Waals surface area contributed by atoms with Crippen LogP contribution in [0, 0.1) is 0 Å². The molecule has 4 N–H and O–H groups in total. The second-order valence-corrected chi connectivity index (χ2v) is 10.7. The predicted octanol–water partition coefficient (Wildman–Crippen LogP) is 4.33. The molecule has 0 bridgehead atoms. The number of rotatable bonds is 12. The van der Waals surface area contributed by atoms with Crippen LogP contribution in [0.4, 0.5) is 0 Å². The summed E-state index contributed by atoms with van der Waals surface area (Å²) in [6.07, 6.45) is 0.130. The number of carbonyl (C=O) groups is 1. The lowest BCUT2D eigenvalue weighted by Gasteiger charge is -2.25. The summed E-state index contributed by atoms with van der Waals surface area (Å²) < 4.78 is 34.3. The largest absolute Gasteiger partial charge is 0.496 e. The number of aryl methyl sites for hydroxylation is 1. The standard InChI is InChI=1S/C27H30NO9P/c1-34-22-15-25(36-3)24(35-2)14-17(22)9-11-26(38(31,32)33)28-20(27(29)30)12-16-8-10-19-18-6-4-5-7-21(18)37-23(19)13-16/h4-8,10,13-15,20,26,28H,9,11-12H2,1-3H3,(H,29,30)(H2,31,32,33)/t20-,26?/m0/s1. The minimum atomic E-state index is -4.72. The van der Waals surface area contributed by atoms with E-state index in [1.807, 2.05) is 30.3 Å². The fraction of sp³-hybridized carbons (Fsp3) is 0.296. The van der Waals surface area contributed by atoms with Crippen molar-refractivity contribution in [2.24, 2.45) is 0 Å². The first-order valence-corrected chi connectivity index (χ1v) is 13.6. The molecular formula is C27H30NO9P. The SMILES string of the molecule is COc1cc(OC)c(OC)cc1CCC(N[C@@H](Cc1ccc2c(c1)oc1ccccc12)C(=O)O)P(=O)(O)O. The number of hydrogen-bond acceptors (Lipinski definition) is 7. The van der Waals surface area contributed by atoms with E-state index in [2.05, 4.69) is 5.32 Å². The highest BCUT2D eigenvalue weighted by atomic mass is 31.2. The lowest BCUT2D eigenvalue weighted by Crippen LogP contribution is -2.44. The molecule has 0 amide bonds. The highest BCUT2D eigenvalue weighted by Gasteiger charge is 2.33. The van der Waals surface area contributed by atoms with Crippen molar-refractivity contribution >= 4 is 35.5 Å². The number of nitrogens with one attached hydrogen (secondary N) is 1. The molecule has 3 aromatic carbocycles. The van der Waals surface area contributed by atoms with Gasteiger partial charge in [-0.15, -0.1) is 0 Å². The number of benzene rings is 3. The number of furan rings is 1. The zero-order chi connectivity index (χ0) is 27.4. The van der Waals surface area contributed by atoms with Gasteiger partial charge in [-0.1, -0.05) is 30.3 Å². The fourth-order valence-electron chi connectivity index (χ4n) is 4.51. The van der Waals surface area contributed by atoms with Crippen LogP contribution in [0.5, 0.6) is 17.2 Å². The molecule has 11 heteroatoms. The van der Waals surface area contributed by atoms with Gasteiger partial charge in [0.05, 0.1) is 21.3 Å². The number of fused-ring (bicyclic) bond motifs is 3. The first-order chi connectivity index (χ1) is 18.1. The van der Waals surface area contributed by atoms with Gasteiger partial charge in [0.2, 0.25) is 0 Å². The highest BCUT2D eigenvalue weighted by molar-refractivity contribution is 7.52. The van der Waals surface area contributed by atoms with Gasteiger partial charge in [0.25, 0.3) is 0 Å². The van der Waals surface area contributed by atoms with Gasteiger partial charge in [-0.3, -0.25) is 14.7 Å². The van der Waals surface area contributed by atoms with Crippen LogP contribution in [0.15, 0.2) is 59.0 Å². The Balaban J connectivity index is 1.55. The predicted molar refractivity (Wildman–Crippen MR) is 142 cm³/mol. The Hall–Kier alpha value is -3.56. The number of carboxylic acid groups (broad SMARTS) is 1. The third kappa shape index (κ3) is 5.95. The molecule has 4 aromatic rings. The average Bonchev–Trinajstić information content (AvgIpc) is 3.26. The molecular weight excluding hydrogens is 513 g/mol. The van der Waals surface area contributed by atoms with Crippen LogP contribution in [-0.4, -0.2) is 54.0 Å². The number of para-hydroxylation sites is 1. The fourth-order valence-corrected chi connectivity index (χ4v) is 5.35. The maximum atomic E-state index is 12.4. The van der Waals surface area contributed by atoms with Crippen LogP contribution in [0.1, 0.15) is 17.5 Å². The number of hydrogen-bond donors (Lipinski definition) is 4. The minimum absolute atomic E-state index is 0.00149. The Bertz CT molecular complexity index is 1490. The number of carboxylic acids is 1. The van der Waals surface area contributed by atoms with Crippen molar-refractivity contribution in [3.05, 3.63) is 65.7 Å². The van der Waals surface area contributed by atoms with E-state index in [4.69, 9.17) is 18.6 Å². The van der Waals surface area contributed by atoms with Crippen molar-refractivity contribution in [1.82, 2.24) is 5.32 Å². The normalized spacial score (nSPS) is 13.4. The molecule has 0 spiro atoms. The minimum Gasteiger partial charge on any atom is -0.496 e. The second-order valence-electron chi connectivity index (χ2n) is 8.85. The topological polar surface area (TPSA) is 148 Å². The van der Waals surface area contributed by atoms with Crippen molar-refractivity contribution in [2.75, 3.05) is 21.3 Å².